The van der Waals surface area contributed by atoms with Gasteiger partial charge in [-0.05, 0) is 52.4 Å². The molecule has 3 rings (SSSR count). The summed E-state index contributed by atoms with van der Waals surface area (Å²) in [6, 6.07) is 5.24. The number of hydrogen-bond acceptors (Lipinski definition) is 6. The second-order valence-corrected chi connectivity index (χ2v) is 8.26. The highest BCUT2D eigenvalue weighted by molar-refractivity contribution is 5.49. The van der Waals surface area contributed by atoms with Crippen molar-refractivity contribution in [1.29, 1.82) is 0 Å². The minimum absolute atomic E-state index is 0.257. The molecule has 2 aliphatic heterocycles. The van der Waals surface area contributed by atoms with Crippen molar-refractivity contribution in [2.24, 2.45) is 0 Å². The molecule has 0 saturated carbocycles. The number of aliphatic hydroxyl groups is 1. The van der Waals surface area contributed by atoms with E-state index in [4.69, 9.17) is 9.47 Å². The first kappa shape index (κ1) is 21.4. The fraction of sp³-hybridized carbons (Fsp3) is 0.727. The largest absolute Gasteiger partial charge is 0.496 e. The van der Waals surface area contributed by atoms with Gasteiger partial charge in [0.05, 0.1) is 14.2 Å². The van der Waals surface area contributed by atoms with Gasteiger partial charge in [-0.25, -0.2) is 0 Å². The molecule has 2 heterocycles. The number of piperazine rings is 1. The van der Waals surface area contributed by atoms with E-state index in [1.54, 1.807) is 14.2 Å². The molecule has 6 nitrogen and oxygen atoms in total. The average Bonchev–Trinajstić information content (AvgIpc) is 2.70. The quantitative estimate of drug-likeness (QED) is 0.767. The van der Waals surface area contributed by atoms with Crippen LogP contribution in [0.5, 0.6) is 11.5 Å². The molecule has 2 saturated heterocycles. The number of nitrogens with zero attached hydrogens (tertiary/aromatic N) is 3. The first-order valence-corrected chi connectivity index (χ1v) is 10.5. The Bertz CT molecular complexity index is 632. The summed E-state index contributed by atoms with van der Waals surface area (Å²) in [5.41, 5.74) is 2.26. The van der Waals surface area contributed by atoms with E-state index in [0.717, 1.165) is 49.7 Å². The zero-order valence-electron chi connectivity index (χ0n) is 18.0. The molecule has 0 aromatic heterocycles. The van der Waals surface area contributed by atoms with E-state index in [1.165, 1.54) is 31.5 Å². The predicted molar refractivity (Wildman–Crippen MR) is 112 cm³/mol. The van der Waals surface area contributed by atoms with Gasteiger partial charge in [0.25, 0.3) is 0 Å². The second kappa shape index (κ2) is 9.92. The van der Waals surface area contributed by atoms with Gasteiger partial charge in [-0.1, -0.05) is 6.07 Å². The standard InChI is InChI=1S/C22H37N3O3/c1-17-21(27-3)6-5-18(22(17)28-4)15-24-12-13-25(20(16-24)9-14-26)19-7-10-23(2)11-8-19/h5-6,19-20,26H,7-16H2,1-4H3/t20-/m1/s1. The van der Waals surface area contributed by atoms with E-state index in [9.17, 15) is 5.11 Å². The molecule has 1 aromatic rings. The van der Waals surface area contributed by atoms with Gasteiger partial charge in [0.1, 0.15) is 11.5 Å². The van der Waals surface area contributed by atoms with Gasteiger partial charge in [0.2, 0.25) is 0 Å². The molecule has 0 bridgehead atoms. The van der Waals surface area contributed by atoms with E-state index in [1.807, 2.05) is 13.0 Å². The third-order valence-corrected chi connectivity index (χ3v) is 6.49. The molecule has 0 radical (unpaired) electrons. The van der Waals surface area contributed by atoms with Crippen molar-refractivity contribution in [3.8, 4) is 11.5 Å². The molecule has 0 amide bonds. The number of benzene rings is 1. The number of rotatable bonds is 7. The van der Waals surface area contributed by atoms with Crippen LogP contribution in [-0.4, -0.2) is 92.5 Å². The highest BCUT2D eigenvalue weighted by Crippen LogP contribution is 2.33. The summed E-state index contributed by atoms with van der Waals surface area (Å²) in [7, 11) is 5.64. The Morgan fingerprint density at radius 3 is 2.46 bits per heavy atom. The molecular formula is C22H37N3O3. The van der Waals surface area contributed by atoms with Crippen LogP contribution in [0.4, 0.5) is 0 Å². The van der Waals surface area contributed by atoms with Crippen molar-refractivity contribution in [3.05, 3.63) is 23.3 Å². The number of likely N-dealkylation sites (tertiary alicyclic amines) is 1. The monoisotopic (exact) mass is 391 g/mol. The van der Waals surface area contributed by atoms with Gasteiger partial charge in [0, 0.05) is 56.0 Å². The van der Waals surface area contributed by atoms with E-state index in [-0.39, 0.29) is 6.61 Å². The Balaban J connectivity index is 1.68. The van der Waals surface area contributed by atoms with Crippen molar-refractivity contribution in [1.82, 2.24) is 14.7 Å². The zero-order chi connectivity index (χ0) is 20.1. The van der Waals surface area contributed by atoms with E-state index in [2.05, 4.69) is 27.8 Å². The van der Waals surface area contributed by atoms with Gasteiger partial charge in [0.15, 0.2) is 0 Å². The minimum atomic E-state index is 0.257. The fourth-order valence-electron chi connectivity index (χ4n) is 4.89. The van der Waals surface area contributed by atoms with E-state index >= 15 is 0 Å². The van der Waals surface area contributed by atoms with Crippen molar-refractivity contribution < 1.29 is 14.6 Å². The Labute approximate surface area is 170 Å². The zero-order valence-corrected chi connectivity index (χ0v) is 18.0. The second-order valence-electron chi connectivity index (χ2n) is 8.26. The van der Waals surface area contributed by atoms with Crippen LogP contribution >= 0.6 is 0 Å². The lowest BCUT2D eigenvalue weighted by Crippen LogP contribution is -2.58. The molecule has 1 N–H and O–H groups in total. The lowest BCUT2D eigenvalue weighted by molar-refractivity contribution is 0.00580. The van der Waals surface area contributed by atoms with Crippen LogP contribution in [0.15, 0.2) is 12.1 Å². The molecule has 158 valence electrons. The number of aliphatic hydroxyl groups excluding tert-OH is 1. The maximum Gasteiger partial charge on any atom is 0.129 e. The highest BCUT2D eigenvalue weighted by Gasteiger charge is 2.33. The summed E-state index contributed by atoms with van der Waals surface area (Å²) >= 11 is 0. The molecule has 0 unspecified atom stereocenters. The third kappa shape index (κ3) is 4.79. The topological polar surface area (TPSA) is 48.4 Å². The molecule has 6 heteroatoms. The van der Waals surface area contributed by atoms with Crippen LogP contribution in [0.25, 0.3) is 0 Å². The van der Waals surface area contributed by atoms with Crippen molar-refractivity contribution in [3.63, 3.8) is 0 Å². The summed E-state index contributed by atoms with van der Waals surface area (Å²) < 4.78 is 11.1. The highest BCUT2D eigenvalue weighted by atomic mass is 16.5. The molecular weight excluding hydrogens is 354 g/mol. The predicted octanol–water partition coefficient (Wildman–Crippen LogP) is 1.98. The number of methoxy groups -OCH3 is 2. The molecule has 2 fully saturated rings. The van der Waals surface area contributed by atoms with Gasteiger partial charge in [-0.2, -0.15) is 0 Å². The first-order valence-electron chi connectivity index (χ1n) is 10.5. The third-order valence-electron chi connectivity index (χ3n) is 6.49. The minimum Gasteiger partial charge on any atom is -0.496 e. The maximum absolute atomic E-state index is 9.64. The van der Waals surface area contributed by atoms with Gasteiger partial charge < -0.3 is 19.5 Å². The summed E-state index contributed by atoms with van der Waals surface area (Å²) in [5.74, 6) is 1.79. The lowest BCUT2D eigenvalue weighted by atomic mass is 9.98. The number of ether oxygens (including phenoxy) is 2. The SMILES string of the molecule is COc1ccc(CN2CCN(C3CCN(C)CC3)[C@H](CCO)C2)c(OC)c1C. The van der Waals surface area contributed by atoms with Crippen molar-refractivity contribution >= 4 is 0 Å². The Morgan fingerprint density at radius 1 is 1.07 bits per heavy atom. The van der Waals surface area contributed by atoms with Crippen LogP contribution in [0.1, 0.15) is 30.4 Å². The fourth-order valence-corrected chi connectivity index (χ4v) is 4.89. The lowest BCUT2D eigenvalue weighted by Gasteiger charge is -2.47. The van der Waals surface area contributed by atoms with Crippen LogP contribution in [0, 0.1) is 6.92 Å². The molecule has 0 spiro atoms. The van der Waals surface area contributed by atoms with Gasteiger partial charge in [-0.15, -0.1) is 0 Å². The average molecular weight is 392 g/mol. The van der Waals surface area contributed by atoms with Crippen LogP contribution in [-0.2, 0) is 6.54 Å². The van der Waals surface area contributed by atoms with E-state index in [0.29, 0.717) is 12.1 Å². The molecule has 1 aromatic carbocycles. The normalized spacial score (nSPS) is 23.1. The van der Waals surface area contributed by atoms with Crippen LogP contribution in [0.2, 0.25) is 0 Å². The first-order chi connectivity index (χ1) is 13.6. The molecule has 2 aliphatic rings. The Morgan fingerprint density at radius 2 is 1.82 bits per heavy atom. The number of piperidine rings is 1. The van der Waals surface area contributed by atoms with Gasteiger partial charge in [-0.3, -0.25) is 9.80 Å². The molecule has 28 heavy (non-hydrogen) atoms. The van der Waals surface area contributed by atoms with Crippen molar-refractivity contribution in [2.45, 2.75) is 44.8 Å². The summed E-state index contributed by atoms with van der Waals surface area (Å²) in [5, 5.41) is 9.64. The van der Waals surface area contributed by atoms with Crippen molar-refractivity contribution in [2.75, 3.05) is 60.6 Å². The molecule has 1 atom stereocenters. The summed E-state index contributed by atoms with van der Waals surface area (Å²) in [6.07, 6.45) is 3.33. The smallest absolute Gasteiger partial charge is 0.129 e. The Kier molecular flexibility index (Phi) is 7.57. The van der Waals surface area contributed by atoms with Crippen LogP contribution < -0.4 is 9.47 Å². The summed E-state index contributed by atoms with van der Waals surface area (Å²) in [6.45, 7) is 8.68. The van der Waals surface area contributed by atoms with Crippen LogP contribution in [0.3, 0.4) is 0 Å². The maximum atomic E-state index is 9.64. The molecule has 0 aliphatic carbocycles. The summed E-state index contributed by atoms with van der Waals surface area (Å²) in [4.78, 5) is 7.61. The van der Waals surface area contributed by atoms with Gasteiger partial charge >= 0.3 is 0 Å². The number of hydrogen-bond donors (Lipinski definition) is 1. The van der Waals surface area contributed by atoms with E-state index < -0.39 is 0 Å². The Hall–Kier alpha value is -1.34.